The van der Waals surface area contributed by atoms with Crippen molar-refractivity contribution in [3.05, 3.63) is 34.6 Å². The van der Waals surface area contributed by atoms with Gasteiger partial charge in [-0.05, 0) is 43.2 Å². The van der Waals surface area contributed by atoms with E-state index in [1.165, 1.54) is 6.42 Å². The zero-order valence-corrected chi connectivity index (χ0v) is 16.9. The number of fused-ring (bicyclic) bond motifs is 1. The van der Waals surface area contributed by atoms with Gasteiger partial charge < -0.3 is 14.4 Å². The first-order valence-electron chi connectivity index (χ1n) is 10.5. The number of rotatable bonds is 4. The number of nitrogens with zero attached hydrogens (tertiary/aromatic N) is 4. The number of carbonyl (C=O) groups is 1. The molecule has 0 aliphatic carbocycles. The molecular formula is C22H30N4O2. The Labute approximate surface area is 166 Å². The van der Waals surface area contributed by atoms with Crippen LogP contribution in [0.4, 0.5) is 5.82 Å². The number of hydrogen-bond donors (Lipinski definition) is 0. The van der Waals surface area contributed by atoms with Crippen molar-refractivity contribution in [3.63, 3.8) is 0 Å². The van der Waals surface area contributed by atoms with E-state index in [1.807, 2.05) is 29.2 Å². The standard InChI is InChI=1S/C22H30N4O2/c1-16-13-17(2)15-25(14-16)20(27)9-12-26-19-8-4-3-7-18(19)23-21(22(26)28)24-10-5-6-11-24/h3-4,7-8,16-17H,5-6,9-15H2,1-2H3. The zero-order valence-electron chi connectivity index (χ0n) is 16.9. The molecule has 1 amide bonds. The van der Waals surface area contributed by atoms with E-state index >= 15 is 0 Å². The quantitative estimate of drug-likeness (QED) is 0.816. The molecule has 0 spiro atoms. The highest BCUT2D eigenvalue weighted by Gasteiger charge is 2.26. The minimum absolute atomic E-state index is 0.0752. The molecule has 6 heteroatoms. The molecule has 150 valence electrons. The van der Waals surface area contributed by atoms with Crippen LogP contribution in [0.2, 0.25) is 0 Å². The first kappa shape index (κ1) is 19.0. The fraction of sp³-hybridized carbons (Fsp3) is 0.591. The Morgan fingerprint density at radius 2 is 1.79 bits per heavy atom. The van der Waals surface area contributed by atoms with Crippen LogP contribution in [0.1, 0.15) is 39.5 Å². The lowest BCUT2D eigenvalue weighted by Gasteiger charge is -2.35. The number of para-hydroxylation sites is 2. The van der Waals surface area contributed by atoms with E-state index in [4.69, 9.17) is 0 Å². The topological polar surface area (TPSA) is 58.4 Å². The van der Waals surface area contributed by atoms with Gasteiger partial charge in [-0.3, -0.25) is 9.59 Å². The van der Waals surface area contributed by atoms with Crippen LogP contribution in [0.5, 0.6) is 0 Å². The number of benzene rings is 1. The van der Waals surface area contributed by atoms with Gasteiger partial charge in [0.15, 0.2) is 5.82 Å². The largest absolute Gasteiger partial charge is 0.352 e. The summed E-state index contributed by atoms with van der Waals surface area (Å²) in [7, 11) is 0. The molecule has 1 aromatic heterocycles. The average molecular weight is 383 g/mol. The number of amides is 1. The van der Waals surface area contributed by atoms with E-state index in [9.17, 15) is 9.59 Å². The fourth-order valence-electron chi connectivity index (χ4n) is 4.77. The normalized spacial score (nSPS) is 22.8. The lowest BCUT2D eigenvalue weighted by molar-refractivity contribution is -0.134. The maximum Gasteiger partial charge on any atom is 0.294 e. The molecule has 28 heavy (non-hydrogen) atoms. The zero-order chi connectivity index (χ0) is 19.7. The van der Waals surface area contributed by atoms with E-state index in [0.29, 0.717) is 30.6 Å². The maximum absolute atomic E-state index is 13.2. The SMILES string of the molecule is CC1CC(C)CN(C(=O)CCn2c(=O)c(N3CCCC3)nc3ccccc32)C1. The second-order valence-corrected chi connectivity index (χ2v) is 8.57. The second-order valence-electron chi connectivity index (χ2n) is 8.57. The molecule has 0 saturated carbocycles. The molecular weight excluding hydrogens is 352 g/mol. The highest BCUT2D eigenvalue weighted by Crippen LogP contribution is 2.22. The van der Waals surface area contributed by atoms with Gasteiger partial charge in [-0.2, -0.15) is 0 Å². The van der Waals surface area contributed by atoms with Crippen LogP contribution in [0.3, 0.4) is 0 Å². The number of aromatic nitrogens is 2. The molecule has 4 rings (SSSR count). The third-order valence-electron chi connectivity index (χ3n) is 6.01. The molecule has 3 heterocycles. The molecule has 2 aliphatic heterocycles. The lowest BCUT2D eigenvalue weighted by Crippen LogP contribution is -2.43. The van der Waals surface area contributed by atoms with Gasteiger partial charge in [0, 0.05) is 39.1 Å². The molecule has 2 unspecified atom stereocenters. The molecule has 0 bridgehead atoms. The van der Waals surface area contributed by atoms with Gasteiger partial charge in [0.1, 0.15) is 0 Å². The third-order valence-corrected chi connectivity index (χ3v) is 6.01. The van der Waals surface area contributed by atoms with E-state index in [2.05, 4.69) is 23.7 Å². The molecule has 0 N–H and O–H groups in total. The Balaban J connectivity index is 1.60. The summed E-state index contributed by atoms with van der Waals surface area (Å²) in [6.07, 6.45) is 3.72. The van der Waals surface area contributed by atoms with Crippen LogP contribution in [0, 0.1) is 11.8 Å². The Bertz CT molecular complexity index is 906. The Kier molecular flexibility index (Phi) is 5.38. The Hall–Kier alpha value is -2.37. The smallest absolute Gasteiger partial charge is 0.294 e. The van der Waals surface area contributed by atoms with Crippen molar-refractivity contribution >= 4 is 22.8 Å². The minimum atomic E-state index is -0.0752. The molecule has 2 saturated heterocycles. The van der Waals surface area contributed by atoms with Crippen molar-refractivity contribution in [3.8, 4) is 0 Å². The highest BCUT2D eigenvalue weighted by molar-refractivity contribution is 5.78. The third kappa shape index (κ3) is 3.77. The van der Waals surface area contributed by atoms with Gasteiger partial charge in [-0.1, -0.05) is 26.0 Å². The van der Waals surface area contributed by atoms with Crippen LogP contribution in [0.25, 0.3) is 11.0 Å². The van der Waals surface area contributed by atoms with Crippen LogP contribution in [0.15, 0.2) is 29.1 Å². The van der Waals surface area contributed by atoms with Gasteiger partial charge >= 0.3 is 0 Å². The van der Waals surface area contributed by atoms with E-state index in [1.54, 1.807) is 4.57 Å². The number of piperidine rings is 1. The molecule has 1 aromatic carbocycles. The monoisotopic (exact) mass is 382 g/mol. The van der Waals surface area contributed by atoms with Crippen molar-refractivity contribution in [1.29, 1.82) is 0 Å². The predicted molar refractivity (Wildman–Crippen MR) is 112 cm³/mol. The summed E-state index contributed by atoms with van der Waals surface area (Å²) in [5.74, 6) is 1.76. The molecule has 2 atom stereocenters. The Morgan fingerprint density at radius 3 is 2.50 bits per heavy atom. The van der Waals surface area contributed by atoms with Crippen molar-refractivity contribution < 1.29 is 4.79 Å². The lowest BCUT2D eigenvalue weighted by atomic mass is 9.92. The summed E-state index contributed by atoms with van der Waals surface area (Å²) in [5.41, 5.74) is 1.55. The van der Waals surface area contributed by atoms with Gasteiger partial charge in [0.2, 0.25) is 5.91 Å². The van der Waals surface area contributed by atoms with Crippen molar-refractivity contribution in [1.82, 2.24) is 14.5 Å². The number of aryl methyl sites for hydroxylation is 1. The predicted octanol–water partition coefficient (Wildman–Crippen LogP) is 2.89. The first-order valence-corrected chi connectivity index (χ1v) is 10.5. The van der Waals surface area contributed by atoms with Crippen LogP contribution >= 0.6 is 0 Å². The summed E-state index contributed by atoms with van der Waals surface area (Å²) in [5, 5.41) is 0. The molecule has 0 radical (unpaired) electrons. The number of anilines is 1. The van der Waals surface area contributed by atoms with Crippen LogP contribution in [-0.2, 0) is 11.3 Å². The van der Waals surface area contributed by atoms with Gasteiger partial charge in [-0.15, -0.1) is 0 Å². The first-order chi connectivity index (χ1) is 13.5. The summed E-state index contributed by atoms with van der Waals surface area (Å²) in [6, 6.07) is 7.73. The van der Waals surface area contributed by atoms with E-state index in [-0.39, 0.29) is 11.5 Å². The van der Waals surface area contributed by atoms with E-state index in [0.717, 1.165) is 50.1 Å². The van der Waals surface area contributed by atoms with E-state index < -0.39 is 0 Å². The van der Waals surface area contributed by atoms with Crippen molar-refractivity contribution in [2.75, 3.05) is 31.1 Å². The number of hydrogen-bond acceptors (Lipinski definition) is 4. The van der Waals surface area contributed by atoms with Crippen LogP contribution < -0.4 is 10.5 Å². The molecule has 6 nitrogen and oxygen atoms in total. The summed E-state index contributed by atoms with van der Waals surface area (Å²) < 4.78 is 1.75. The molecule has 2 aliphatic rings. The van der Waals surface area contributed by atoms with Gasteiger partial charge in [-0.25, -0.2) is 4.98 Å². The summed E-state index contributed by atoms with van der Waals surface area (Å²) >= 11 is 0. The molecule has 2 aromatic rings. The summed E-state index contributed by atoms with van der Waals surface area (Å²) in [4.78, 5) is 34.7. The second kappa shape index (κ2) is 7.94. The number of carbonyl (C=O) groups excluding carboxylic acids is 1. The number of likely N-dealkylation sites (tertiary alicyclic amines) is 1. The molecule has 2 fully saturated rings. The minimum Gasteiger partial charge on any atom is -0.352 e. The Morgan fingerprint density at radius 1 is 1.11 bits per heavy atom. The van der Waals surface area contributed by atoms with Crippen molar-refractivity contribution in [2.45, 2.75) is 46.1 Å². The fourth-order valence-corrected chi connectivity index (χ4v) is 4.77. The van der Waals surface area contributed by atoms with Gasteiger partial charge in [0.05, 0.1) is 11.0 Å². The summed E-state index contributed by atoms with van der Waals surface area (Å²) in [6.45, 7) is 8.23. The average Bonchev–Trinajstić information content (AvgIpc) is 3.20. The van der Waals surface area contributed by atoms with Crippen LogP contribution in [-0.4, -0.2) is 46.5 Å². The maximum atomic E-state index is 13.2. The highest BCUT2D eigenvalue weighted by atomic mass is 16.2. The van der Waals surface area contributed by atoms with Gasteiger partial charge in [0.25, 0.3) is 5.56 Å². The van der Waals surface area contributed by atoms with Crippen molar-refractivity contribution in [2.24, 2.45) is 11.8 Å².